The van der Waals surface area contributed by atoms with Gasteiger partial charge < -0.3 is 5.11 Å². The molecule has 0 aromatic carbocycles. The molecule has 1 N–H and O–H groups in total. The van der Waals surface area contributed by atoms with E-state index in [2.05, 4.69) is 13.5 Å². The zero-order valence-electron chi connectivity index (χ0n) is 8.76. The lowest BCUT2D eigenvalue weighted by molar-refractivity contribution is 0.239. The number of aliphatic hydroxyl groups excluding tert-OH is 1. The molecule has 0 unspecified atom stereocenters. The molecule has 0 saturated heterocycles. The summed E-state index contributed by atoms with van der Waals surface area (Å²) in [7, 11) is 0. The Morgan fingerprint density at radius 1 is 1.23 bits per heavy atom. The minimum atomic E-state index is 0.374. The number of hydrogen-bond donors (Lipinski definition) is 1. The lowest BCUT2D eigenvalue weighted by atomic mass is 9.79. The Morgan fingerprint density at radius 2 is 1.77 bits per heavy atom. The first-order valence-corrected chi connectivity index (χ1v) is 5.59. The monoisotopic (exact) mass is 182 g/mol. The van der Waals surface area contributed by atoms with Gasteiger partial charge in [-0.1, -0.05) is 39.2 Å². The second-order valence-corrected chi connectivity index (χ2v) is 4.45. The van der Waals surface area contributed by atoms with Gasteiger partial charge in [0.05, 0.1) is 5.76 Å². The smallest absolute Gasteiger partial charge is 0.0853 e. The number of aliphatic hydroxyl groups is 1. The summed E-state index contributed by atoms with van der Waals surface area (Å²) >= 11 is 0. The molecule has 1 aliphatic carbocycles. The summed E-state index contributed by atoms with van der Waals surface area (Å²) in [6.45, 7) is 5.83. The lowest BCUT2D eigenvalue weighted by Crippen LogP contribution is -2.14. The Balaban J connectivity index is 2.18. The fraction of sp³-hybridized carbons (Fsp3) is 0.833. The Labute approximate surface area is 81.9 Å². The second kappa shape index (κ2) is 5.31. The van der Waals surface area contributed by atoms with Crippen LogP contribution in [0, 0.1) is 11.8 Å². The second-order valence-electron chi connectivity index (χ2n) is 4.45. The highest BCUT2D eigenvalue weighted by Crippen LogP contribution is 2.33. The van der Waals surface area contributed by atoms with E-state index in [0.717, 1.165) is 12.3 Å². The molecule has 0 aromatic heterocycles. The van der Waals surface area contributed by atoms with Crippen molar-refractivity contribution in [2.75, 3.05) is 0 Å². The molecule has 13 heavy (non-hydrogen) atoms. The molecule has 1 aliphatic rings. The van der Waals surface area contributed by atoms with Gasteiger partial charge in [0.1, 0.15) is 0 Å². The largest absolute Gasteiger partial charge is 0.513 e. The third-order valence-electron chi connectivity index (χ3n) is 3.19. The van der Waals surface area contributed by atoms with E-state index in [1.54, 1.807) is 0 Å². The van der Waals surface area contributed by atoms with Crippen LogP contribution in [-0.2, 0) is 0 Å². The molecule has 0 aromatic rings. The molecule has 0 atom stereocenters. The fourth-order valence-electron chi connectivity index (χ4n) is 2.47. The SMILES string of the molecule is C=C(O)CC1CCC(CCC)CC1. The number of hydrogen-bond acceptors (Lipinski definition) is 1. The summed E-state index contributed by atoms with van der Waals surface area (Å²) in [5.74, 6) is 2.05. The molecule has 1 rings (SSSR count). The van der Waals surface area contributed by atoms with Crippen molar-refractivity contribution in [2.45, 2.75) is 51.9 Å². The van der Waals surface area contributed by atoms with Gasteiger partial charge >= 0.3 is 0 Å². The van der Waals surface area contributed by atoms with E-state index in [1.165, 1.54) is 38.5 Å². The highest BCUT2D eigenvalue weighted by molar-refractivity contribution is 4.84. The van der Waals surface area contributed by atoms with Crippen molar-refractivity contribution < 1.29 is 5.11 Å². The molecule has 1 nitrogen and oxygen atoms in total. The molecule has 0 amide bonds. The highest BCUT2D eigenvalue weighted by atomic mass is 16.3. The predicted molar refractivity (Wildman–Crippen MR) is 56.7 cm³/mol. The number of allylic oxidation sites excluding steroid dienone is 1. The van der Waals surface area contributed by atoms with Crippen LogP contribution >= 0.6 is 0 Å². The van der Waals surface area contributed by atoms with E-state index in [0.29, 0.717) is 11.7 Å². The molecule has 1 saturated carbocycles. The molecule has 0 bridgehead atoms. The predicted octanol–water partition coefficient (Wildman–Crippen LogP) is 4.05. The third kappa shape index (κ3) is 3.84. The van der Waals surface area contributed by atoms with Crippen molar-refractivity contribution >= 4 is 0 Å². The van der Waals surface area contributed by atoms with Gasteiger partial charge in [-0.15, -0.1) is 0 Å². The van der Waals surface area contributed by atoms with Crippen LogP contribution in [0.1, 0.15) is 51.9 Å². The van der Waals surface area contributed by atoms with Gasteiger partial charge in [-0.2, -0.15) is 0 Å². The van der Waals surface area contributed by atoms with E-state index in [1.807, 2.05) is 0 Å². The first-order valence-electron chi connectivity index (χ1n) is 5.59. The highest BCUT2D eigenvalue weighted by Gasteiger charge is 2.20. The summed E-state index contributed by atoms with van der Waals surface area (Å²) in [6.07, 6.45) is 8.87. The summed E-state index contributed by atoms with van der Waals surface area (Å²) in [4.78, 5) is 0. The zero-order chi connectivity index (χ0) is 9.68. The Hall–Kier alpha value is -0.460. The van der Waals surface area contributed by atoms with Crippen LogP contribution < -0.4 is 0 Å². The fourth-order valence-corrected chi connectivity index (χ4v) is 2.47. The first-order chi connectivity index (χ1) is 6.22. The van der Waals surface area contributed by atoms with Gasteiger partial charge in [0, 0.05) is 6.42 Å². The van der Waals surface area contributed by atoms with E-state index in [-0.39, 0.29) is 0 Å². The molecule has 1 heteroatoms. The zero-order valence-corrected chi connectivity index (χ0v) is 8.76. The molecule has 0 spiro atoms. The molecule has 1 fully saturated rings. The van der Waals surface area contributed by atoms with Crippen LogP contribution in [0.4, 0.5) is 0 Å². The standard InChI is InChI=1S/C12H22O/c1-3-4-11-5-7-12(8-6-11)9-10(2)13/h11-13H,2-9H2,1H3. The maximum absolute atomic E-state index is 9.08. The van der Waals surface area contributed by atoms with Gasteiger partial charge in [0.2, 0.25) is 0 Å². The Kier molecular flexibility index (Phi) is 4.34. The Bertz CT molecular complexity index is 155. The summed E-state index contributed by atoms with van der Waals surface area (Å²) < 4.78 is 0. The van der Waals surface area contributed by atoms with Crippen molar-refractivity contribution in [1.82, 2.24) is 0 Å². The van der Waals surface area contributed by atoms with Gasteiger partial charge in [0.15, 0.2) is 0 Å². The summed E-state index contributed by atoms with van der Waals surface area (Å²) in [5.41, 5.74) is 0. The van der Waals surface area contributed by atoms with Crippen molar-refractivity contribution in [3.63, 3.8) is 0 Å². The summed E-state index contributed by atoms with van der Waals surface area (Å²) in [6, 6.07) is 0. The normalized spacial score (nSPS) is 28.7. The van der Waals surface area contributed by atoms with Gasteiger partial charge in [-0.3, -0.25) is 0 Å². The third-order valence-corrected chi connectivity index (χ3v) is 3.19. The average molecular weight is 182 g/mol. The minimum Gasteiger partial charge on any atom is -0.513 e. The lowest BCUT2D eigenvalue weighted by Gasteiger charge is -2.27. The molecular formula is C12H22O. The molecular weight excluding hydrogens is 160 g/mol. The summed E-state index contributed by atoms with van der Waals surface area (Å²) in [5, 5.41) is 9.08. The van der Waals surface area contributed by atoms with Crippen LogP contribution in [0.5, 0.6) is 0 Å². The van der Waals surface area contributed by atoms with E-state index in [4.69, 9.17) is 5.11 Å². The molecule has 0 aliphatic heterocycles. The average Bonchev–Trinajstić information content (AvgIpc) is 2.08. The maximum Gasteiger partial charge on any atom is 0.0853 e. The van der Waals surface area contributed by atoms with Crippen LogP contribution in [0.15, 0.2) is 12.3 Å². The van der Waals surface area contributed by atoms with Crippen LogP contribution in [0.25, 0.3) is 0 Å². The Morgan fingerprint density at radius 3 is 2.23 bits per heavy atom. The van der Waals surface area contributed by atoms with Crippen molar-refractivity contribution in [3.8, 4) is 0 Å². The van der Waals surface area contributed by atoms with E-state index < -0.39 is 0 Å². The maximum atomic E-state index is 9.08. The van der Waals surface area contributed by atoms with Crippen LogP contribution in [0.3, 0.4) is 0 Å². The topological polar surface area (TPSA) is 20.2 Å². The minimum absolute atomic E-state index is 0.374. The first kappa shape index (κ1) is 10.6. The van der Waals surface area contributed by atoms with Gasteiger partial charge in [-0.05, 0) is 24.7 Å². The number of rotatable bonds is 4. The molecule has 76 valence electrons. The molecule has 0 heterocycles. The van der Waals surface area contributed by atoms with Gasteiger partial charge in [0.25, 0.3) is 0 Å². The molecule has 0 radical (unpaired) electrons. The van der Waals surface area contributed by atoms with Crippen LogP contribution in [0.2, 0.25) is 0 Å². The van der Waals surface area contributed by atoms with Crippen LogP contribution in [-0.4, -0.2) is 5.11 Å². The van der Waals surface area contributed by atoms with Gasteiger partial charge in [-0.25, -0.2) is 0 Å². The van der Waals surface area contributed by atoms with Crippen molar-refractivity contribution in [2.24, 2.45) is 11.8 Å². The quantitative estimate of drug-likeness (QED) is 0.650. The van der Waals surface area contributed by atoms with Crippen molar-refractivity contribution in [3.05, 3.63) is 12.3 Å². The van der Waals surface area contributed by atoms with E-state index >= 15 is 0 Å². The van der Waals surface area contributed by atoms with Crippen molar-refractivity contribution in [1.29, 1.82) is 0 Å². The van der Waals surface area contributed by atoms with E-state index in [9.17, 15) is 0 Å².